The zero-order chi connectivity index (χ0) is 20.9. The van der Waals surface area contributed by atoms with Crippen LogP contribution in [-0.2, 0) is 38.7 Å². The lowest BCUT2D eigenvalue weighted by Crippen LogP contribution is -2.43. The molecule has 0 aromatic rings. The first-order valence-electron chi connectivity index (χ1n) is 8.31. The normalized spacial score (nSPS) is 14.1. The van der Waals surface area contributed by atoms with E-state index in [0.717, 1.165) is 12.2 Å². The third-order valence-corrected chi connectivity index (χ3v) is 4.01. The summed E-state index contributed by atoms with van der Waals surface area (Å²) < 4.78 is 45.3. The fourth-order valence-corrected chi connectivity index (χ4v) is 2.36. The van der Waals surface area contributed by atoms with Crippen molar-refractivity contribution in [2.45, 2.75) is 33.6 Å². The summed E-state index contributed by atoms with van der Waals surface area (Å²) in [6, 6.07) is 0. The highest BCUT2D eigenvalue weighted by molar-refractivity contribution is 7.85. The first kappa shape index (κ1) is 24.8. The van der Waals surface area contributed by atoms with Crippen LogP contribution >= 0.6 is 0 Å². The molecule has 10 heteroatoms. The Balaban J connectivity index is 5.37. The second-order valence-electron chi connectivity index (χ2n) is 5.67. The van der Waals surface area contributed by atoms with Gasteiger partial charge in [-0.25, -0.2) is 9.59 Å². The standard InChI is InChI=1S/C17H26O9S/c1-4-7-14(18)25-12-17(9-6-3,13-26-15(19)8-5-2)16(20)24-10-11-27(21,22)23/h4-5,7-8H,6,9-13H2,1-3H3,(H,21,22,23). The van der Waals surface area contributed by atoms with E-state index in [0.29, 0.717) is 6.42 Å². The van der Waals surface area contributed by atoms with Crippen molar-refractivity contribution in [2.24, 2.45) is 5.41 Å². The molecule has 0 radical (unpaired) electrons. The Bertz CT molecular complexity index is 634. The molecule has 0 amide bonds. The van der Waals surface area contributed by atoms with E-state index in [9.17, 15) is 22.8 Å². The largest absolute Gasteiger partial charge is 0.464 e. The Morgan fingerprint density at radius 3 is 1.81 bits per heavy atom. The molecule has 154 valence electrons. The van der Waals surface area contributed by atoms with Gasteiger partial charge in [0.05, 0.1) is 0 Å². The van der Waals surface area contributed by atoms with E-state index >= 15 is 0 Å². The fraction of sp³-hybridized carbons (Fsp3) is 0.588. The highest BCUT2D eigenvalue weighted by Gasteiger charge is 2.42. The average Bonchev–Trinajstić information content (AvgIpc) is 2.56. The molecule has 0 heterocycles. The van der Waals surface area contributed by atoms with E-state index in [1.165, 1.54) is 12.2 Å². The number of carbonyl (C=O) groups excluding carboxylic acids is 3. The molecule has 0 fully saturated rings. The number of hydrogen-bond donors (Lipinski definition) is 1. The van der Waals surface area contributed by atoms with Gasteiger partial charge in [0.25, 0.3) is 10.1 Å². The van der Waals surface area contributed by atoms with E-state index in [-0.39, 0.29) is 6.42 Å². The molecule has 0 spiro atoms. The third kappa shape index (κ3) is 10.5. The van der Waals surface area contributed by atoms with Crippen molar-refractivity contribution in [1.29, 1.82) is 0 Å². The van der Waals surface area contributed by atoms with Crippen LogP contribution in [0.2, 0.25) is 0 Å². The van der Waals surface area contributed by atoms with E-state index in [1.807, 2.05) is 0 Å². The lowest BCUT2D eigenvalue weighted by molar-refractivity contribution is -0.169. The maximum atomic E-state index is 12.6. The quantitative estimate of drug-likeness (QED) is 0.221. The van der Waals surface area contributed by atoms with Gasteiger partial charge in [0.15, 0.2) is 0 Å². The van der Waals surface area contributed by atoms with E-state index < -0.39 is 59.0 Å². The number of ether oxygens (including phenoxy) is 3. The Labute approximate surface area is 159 Å². The number of hydrogen-bond acceptors (Lipinski definition) is 8. The van der Waals surface area contributed by atoms with Crippen LogP contribution in [0.1, 0.15) is 33.6 Å². The van der Waals surface area contributed by atoms with Gasteiger partial charge in [-0.05, 0) is 20.3 Å². The van der Waals surface area contributed by atoms with Gasteiger partial charge < -0.3 is 14.2 Å². The molecule has 0 unspecified atom stereocenters. The summed E-state index contributed by atoms with van der Waals surface area (Å²) >= 11 is 0. The molecule has 0 aliphatic rings. The van der Waals surface area contributed by atoms with Crippen molar-refractivity contribution in [3.63, 3.8) is 0 Å². The van der Waals surface area contributed by atoms with E-state index in [2.05, 4.69) is 0 Å². The van der Waals surface area contributed by atoms with Gasteiger partial charge in [-0.2, -0.15) is 8.42 Å². The fourth-order valence-electron chi connectivity index (χ4n) is 2.06. The van der Waals surface area contributed by atoms with Crippen LogP contribution < -0.4 is 0 Å². The van der Waals surface area contributed by atoms with Crippen molar-refractivity contribution < 1.29 is 41.6 Å². The zero-order valence-corrected chi connectivity index (χ0v) is 16.5. The molecular weight excluding hydrogens is 380 g/mol. The number of allylic oxidation sites excluding steroid dienone is 2. The topological polar surface area (TPSA) is 133 Å². The van der Waals surface area contributed by atoms with Gasteiger partial charge in [-0.1, -0.05) is 25.5 Å². The Morgan fingerprint density at radius 2 is 1.44 bits per heavy atom. The molecular formula is C17H26O9S. The van der Waals surface area contributed by atoms with Gasteiger partial charge in [0, 0.05) is 12.2 Å². The molecule has 0 aromatic carbocycles. The minimum atomic E-state index is -4.31. The monoisotopic (exact) mass is 406 g/mol. The van der Waals surface area contributed by atoms with E-state index in [1.54, 1.807) is 20.8 Å². The molecule has 0 saturated heterocycles. The van der Waals surface area contributed by atoms with Gasteiger partial charge in [0.1, 0.15) is 31.0 Å². The van der Waals surface area contributed by atoms with Gasteiger partial charge in [-0.3, -0.25) is 9.35 Å². The highest BCUT2D eigenvalue weighted by atomic mass is 32.2. The highest BCUT2D eigenvalue weighted by Crippen LogP contribution is 2.28. The maximum Gasteiger partial charge on any atom is 0.330 e. The van der Waals surface area contributed by atoms with Gasteiger partial charge in [-0.15, -0.1) is 0 Å². The average molecular weight is 406 g/mol. The molecule has 0 aliphatic carbocycles. The minimum absolute atomic E-state index is 0.157. The second-order valence-corrected chi connectivity index (χ2v) is 7.24. The van der Waals surface area contributed by atoms with Crippen molar-refractivity contribution in [1.82, 2.24) is 0 Å². The Hall–Kier alpha value is -2.20. The molecule has 9 nitrogen and oxygen atoms in total. The van der Waals surface area contributed by atoms with Crippen molar-refractivity contribution in [2.75, 3.05) is 25.6 Å². The first-order chi connectivity index (χ1) is 12.6. The molecule has 0 aliphatic heterocycles. The van der Waals surface area contributed by atoms with Crippen LogP contribution in [0.5, 0.6) is 0 Å². The van der Waals surface area contributed by atoms with Crippen LogP contribution in [0.3, 0.4) is 0 Å². The summed E-state index contributed by atoms with van der Waals surface area (Å²) in [5.41, 5.74) is -1.50. The maximum absolute atomic E-state index is 12.6. The van der Waals surface area contributed by atoms with E-state index in [4.69, 9.17) is 18.8 Å². The van der Waals surface area contributed by atoms with Gasteiger partial charge >= 0.3 is 17.9 Å². The zero-order valence-electron chi connectivity index (χ0n) is 15.7. The predicted molar refractivity (Wildman–Crippen MR) is 96.3 cm³/mol. The van der Waals surface area contributed by atoms with Crippen LogP contribution in [0, 0.1) is 5.41 Å². The molecule has 0 saturated carbocycles. The molecule has 27 heavy (non-hydrogen) atoms. The van der Waals surface area contributed by atoms with Crippen LogP contribution in [0.15, 0.2) is 24.3 Å². The summed E-state index contributed by atoms with van der Waals surface area (Å²) in [7, 11) is -4.31. The SMILES string of the molecule is CC=CC(=O)OCC(CCC)(COC(=O)C=CC)C(=O)OCCS(=O)(=O)O. The molecule has 0 aromatic heterocycles. The summed E-state index contributed by atoms with van der Waals surface area (Å²) in [6.07, 6.45) is 5.86. The summed E-state index contributed by atoms with van der Waals surface area (Å²) in [6.45, 7) is 3.57. The Morgan fingerprint density at radius 1 is 0.963 bits per heavy atom. The third-order valence-electron chi connectivity index (χ3n) is 3.32. The molecule has 1 N–H and O–H groups in total. The predicted octanol–water partition coefficient (Wildman–Crippen LogP) is 1.44. The Kier molecular flexibility index (Phi) is 11.2. The summed E-state index contributed by atoms with van der Waals surface area (Å²) in [5, 5.41) is 0. The van der Waals surface area contributed by atoms with Crippen LogP contribution in [-0.4, -0.2) is 56.5 Å². The number of carbonyl (C=O) groups is 3. The lowest BCUT2D eigenvalue weighted by Gasteiger charge is -2.29. The molecule has 0 bridgehead atoms. The number of rotatable bonds is 12. The van der Waals surface area contributed by atoms with Crippen molar-refractivity contribution >= 4 is 28.0 Å². The lowest BCUT2D eigenvalue weighted by atomic mass is 9.85. The van der Waals surface area contributed by atoms with Crippen LogP contribution in [0.25, 0.3) is 0 Å². The van der Waals surface area contributed by atoms with Gasteiger partial charge in [0.2, 0.25) is 0 Å². The second kappa shape index (κ2) is 12.2. The molecule has 0 atom stereocenters. The van der Waals surface area contributed by atoms with Crippen LogP contribution in [0.4, 0.5) is 0 Å². The van der Waals surface area contributed by atoms with Crippen molar-refractivity contribution in [3.8, 4) is 0 Å². The first-order valence-corrected chi connectivity index (χ1v) is 9.92. The summed E-state index contributed by atoms with van der Waals surface area (Å²) in [4.78, 5) is 35.8. The molecule has 0 rings (SSSR count). The minimum Gasteiger partial charge on any atom is -0.464 e. The summed E-state index contributed by atoms with van der Waals surface area (Å²) in [5.74, 6) is -3.06. The van der Waals surface area contributed by atoms with Crippen molar-refractivity contribution in [3.05, 3.63) is 24.3 Å². The number of esters is 3. The smallest absolute Gasteiger partial charge is 0.330 e.